The molecule has 1 N–H and O–H groups in total. The number of benzene rings is 1. The second-order valence-corrected chi connectivity index (χ2v) is 6.53. The summed E-state index contributed by atoms with van der Waals surface area (Å²) >= 11 is 6.16. The average molecular weight is 392 g/mol. The fourth-order valence-corrected chi connectivity index (χ4v) is 3.09. The number of piperazine rings is 1. The smallest absolute Gasteiger partial charge is 0.322 e. The lowest BCUT2D eigenvalue weighted by atomic mass is 10.2. The summed E-state index contributed by atoms with van der Waals surface area (Å²) in [6.07, 6.45) is 0. The van der Waals surface area contributed by atoms with Gasteiger partial charge in [-0.3, -0.25) is 0 Å². The van der Waals surface area contributed by atoms with Gasteiger partial charge in [-0.1, -0.05) is 11.6 Å². The van der Waals surface area contributed by atoms with Gasteiger partial charge in [-0.05, 0) is 25.1 Å². The van der Waals surface area contributed by atoms with Crippen LogP contribution in [0.1, 0.15) is 5.69 Å². The molecule has 27 heavy (non-hydrogen) atoms. The van der Waals surface area contributed by atoms with Crippen LogP contribution in [-0.4, -0.2) is 61.5 Å². The largest absolute Gasteiger partial charge is 0.495 e. The maximum atomic E-state index is 12.6. The van der Waals surface area contributed by atoms with Gasteiger partial charge in [-0.25, -0.2) is 4.79 Å². The molecular formula is C18H22ClN5O3. The van der Waals surface area contributed by atoms with Crippen LogP contribution >= 0.6 is 11.6 Å². The topological polar surface area (TPSA) is 79.8 Å². The van der Waals surface area contributed by atoms with Gasteiger partial charge in [0.1, 0.15) is 11.5 Å². The molecule has 0 saturated carbocycles. The molecule has 9 heteroatoms. The molecular weight excluding hydrogens is 370 g/mol. The summed E-state index contributed by atoms with van der Waals surface area (Å²) in [6.45, 7) is 4.43. The Morgan fingerprint density at radius 1 is 1.07 bits per heavy atom. The molecule has 2 amide bonds. The highest BCUT2D eigenvalue weighted by Crippen LogP contribution is 2.36. The number of amides is 2. The molecule has 1 aromatic heterocycles. The number of aryl methyl sites for hydroxylation is 1. The molecule has 0 atom stereocenters. The number of halogens is 1. The first-order valence-electron chi connectivity index (χ1n) is 8.54. The monoisotopic (exact) mass is 391 g/mol. The molecule has 8 nitrogen and oxygen atoms in total. The van der Waals surface area contributed by atoms with Crippen molar-refractivity contribution >= 4 is 29.1 Å². The number of ether oxygens (including phenoxy) is 2. The second kappa shape index (κ2) is 8.30. The summed E-state index contributed by atoms with van der Waals surface area (Å²) in [6, 6.07) is 6.94. The van der Waals surface area contributed by atoms with E-state index in [1.165, 1.54) is 14.2 Å². The zero-order valence-electron chi connectivity index (χ0n) is 15.5. The SMILES string of the molecule is COc1cc(OC)c(NC(=O)N2CCN(c3ccc(C)nn3)CC2)cc1Cl. The lowest BCUT2D eigenvalue weighted by Crippen LogP contribution is -2.50. The van der Waals surface area contributed by atoms with Crippen molar-refractivity contribution in [2.45, 2.75) is 6.92 Å². The average Bonchev–Trinajstić information content (AvgIpc) is 2.69. The molecule has 0 unspecified atom stereocenters. The summed E-state index contributed by atoms with van der Waals surface area (Å²) in [5.74, 6) is 1.79. The minimum Gasteiger partial charge on any atom is -0.495 e. The Balaban J connectivity index is 1.63. The van der Waals surface area contributed by atoms with E-state index in [-0.39, 0.29) is 6.03 Å². The summed E-state index contributed by atoms with van der Waals surface area (Å²) < 4.78 is 10.5. The van der Waals surface area contributed by atoms with E-state index in [0.717, 1.165) is 11.5 Å². The maximum Gasteiger partial charge on any atom is 0.322 e. The van der Waals surface area contributed by atoms with Crippen LogP contribution in [0.4, 0.5) is 16.3 Å². The molecule has 1 aliphatic heterocycles. The first-order valence-corrected chi connectivity index (χ1v) is 8.92. The number of anilines is 2. The summed E-state index contributed by atoms with van der Waals surface area (Å²) in [4.78, 5) is 16.5. The molecule has 2 heterocycles. The van der Waals surface area contributed by atoms with Gasteiger partial charge in [-0.2, -0.15) is 5.10 Å². The number of carbonyl (C=O) groups is 1. The Kier molecular flexibility index (Phi) is 5.85. The summed E-state index contributed by atoms with van der Waals surface area (Å²) in [5, 5.41) is 11.5. The Labute approximate surface area is 163 Å². The minimum atomic E-state index is -0.204. The highest BCUT2D eigenvalue weighted by Gasteiger charge is 2.23. The Morgan fingerprint density at radius 3 is 2.37 bits per heavy atom. The van der Waals surface area contributed by atoms with Gasteiger partial charge < -0.3 is 24.6 Å². The highest BCUT2D eigenvalue weighted by molar-refractivity contribution is 6.32. The van der Waals surface area contributed by atoms with Crippen molar-refractivity contribution in [1.82, 2.24) is 15.1 Å². The van der Waals surface area contributed by atoms with Gasteiger partial charge in [0.15, 0.2) is 5.82 Å². The second-order valence-electron chi connectivity index (χ2n) is 6.12. The fraction of sp³-hybridized carbons (Fsp3) is 0.389. The van der Waals surface area contributed by atoms with Crippen LogP contribution in [0, 0.1) is 6.92 Å². The van der Waals surface area contributed by atoms with Crippen LogP contribution < -0.4 is 19.7 Å². The molecule has 0 bridgehead atoms. The zero-order chi connectivity index (χ0) is 19.4. The lowest BCUT2D eigenvalue weighted by Gasteiger charge is -2.35. The van der Waals surface area contributed by atoms with E-state index in [1.54, 1.807) is 17.0 Å². The van der Waals surface area contributed by atoms with E-state index >= 15 is 0 Å². The van der Waals surface area contributed by atoms with Crippen LogP contribution in [0.5, 0.6) is 11.5 Å². The predicted octanol–water partition coefficient (Wildman–Crippen LogP) is 2.81. The van der Waals surface area contributed by atoms with E-state index in [9.17, 15) is 4.79 Å². The molecule has 3 rings (SSSR count). The van der Waals surface area contributed by atoms with Crippen LogP contribution in [0.25, 0.3) is 0 Å². The maximum absolute atomic E-state index is 12.6. The first kappa shape index (κ1) is 19.0. The van der Waals surface area contributed by atoms with E-state index < -0.39 is 0 Å². The number of nitrogens with one attached hydrogen (secondary N) is 1. The van der Waals surface area contributed by atoms with Crippen LogP contribution in [0.2, 0.25) is 5.02 Å². The fourth-order valence-electron chi connectivity index (χ4n) is 2.85. The van der Waals surface area contributed by atoms with E-state index in [0.29, 0.717) is 48.4 Å². The van der Waals surface area contributed by atoms with Crippen molar-refractivity contribution in [1.29, 1.82) is 0 Å². The van der Waals surface area contributed by atoms with Gasteiger partial charge in [0.05, 0.1) is 30.6 Å². The summed E-state index contributed by atoms with van der Waals surface area (Å²) in [7, 11) is 3.05. The van der Waals surface area contributed by atoms with Crippen molar-refractivity contribution in [2.75, 3.05) is 50.6 Å². The number of urea groups is 1. The zero-order valence-corrected chi connectivity index (χ0v) is 16.3. The third-order valence-corrected chi connectivity index (χ3v) is 4.69. The molecule has 1 fully saturated rings. The number of aromatic nitrogens is 2. The van der Waals surface area contributed by atoms with Crippen molar-refractivity contribution in [3.8, 4) is 11.5 Å². The number of hydrogen-bond acceptors (Lipinski definition) is 6. The highest BCUT2D eigenvalue weighted by atomic mass is 35.5. The van der Waals surface area contributed by atoms with Gasteiger partial charge in [0.2, 0.25) is 0 Å². The minimum absolute atomic E-state index is 0.204. The number of carbonyl (C=O) groups excluding carboxylic acids is 1. The molecule has 0 radical (unpaired) electrons. The third kappa shape index (κ3) is 4.33. The number of rotatable bonds is 4. The predicted molar refractivity (Wildman–Crippen MR) is 104 cm³/mol. The van der Waals surface area contributed by atoms with Crippen LogP contribution in [0.15, 0.2) is 24.3 Å². The number of methoxy groups -OCH3 is 2. The van der Waals surface area contributed by atoms with Gasteiger partial charge in [0.25, 0.3) is 0 Å². The molecule has 0 aliphatic carbocycles. The van der Waals surface area contributed by atoms with E-state index in [1.807, 2.05) is 19.1 Å². The Morgan fingerprint density at radius 2 is 1.78 bits per heavy atom. The quantitative estimate of drug-likeness (QED) is 0.863. The number of nitrogens with zero attached hydrogens (tertiary/aromatic N) is 4. The molecule has 1 aliphatic rings. The van der Waals surface area contributed by atoms with Crippen molar-refractivity contribution in [3.63, 3.8) is 0 Å². The van der Waals surface area contributed by atoms with Crippen molar-refractivity contribution < 1.29 is 14.3 Å². The molecule has 1 aromatic carbocycles. The number of hydrogen-bond donors (Lipinski definition) is 1. The van der Waals surface area contributed by atoms with Crippen LogP contribution in [0.3, 0.4) is 0 Å². The van der Waals surface area contributed by atoms with E-state index in [4.69, 9.17) is 21.1 Å². The molecule has 2 aromatic rings. The van der Waals surface area contributed by atoms with Crippen LogP contribution in [-0.2, 0) is 0 Å². The first-order chi connectivity index (χ1) is 13.0. The standard InChI is InChI=1S/C18H22ClN5O3/c1-12-4-5-17(22-21-12)23-6-8-24(9-7-23)18(25)20-14-10-13(19)15(26-2)11-16(14)27-3/h4-5,10-11H,6-9H2,1-3H3,(H,20,25). The Hall–Kier alpha value is -2.74. The van der Waals surface area contributed by atoms with Gasteiger partial charge >= 0.3 is 6.03 Å². The van der Waals surface area contributed by atoms with Gasteiger partial charge in [-0.15, -0.1) is 5.10 Å². The third-order valence-electron chi connectivity index (χ3n) is 4.39. The lowest BCUT2D eigenvalue weighted by molar-refractivity contribution is 0.208. The summed E-state index contributed by atoms with van der Waals surface area (Å²) in [5.41, 5.74) is 1.38. The molecule has 144 valence electrons. The van der Waals surface area contributed by atoms with Gasteiger partial charge in [0, 0.05) is 32.2 Å². The van der Waals surface area contributed by atoms with Crippen molar-refractivity contribution in [2.24, 2.45) is 0 Å². The Bertz CT molecular complexity index is 807. The molecule has 0 spiro atoms. The molecule has 1 saturated heterocycles. The normalized spacial score (nSPS) is 14.1. The van der Waals surface area contributed by atoms with E-state index in [2.05, 4.69) is 20.4 Å². The van der Waals surface area contributed by atoms with Crippen molar-refractivity contribution in [3.05, 3.63) is 35.0 Å².